The van der Waals surface area contributed by atoms with E-state index in [0.29, 0.717) is 0 Å². The highest BCUT2D eigenvalue weighted by Gasteiger charge is 2.49. The van der Waals surface area contributed by atoms with Gasteiger partial charge in [-0.25, -0.2) is 0 Å². The Hall–Kier alpha value is -8.76. The molecule has 1 aromatic heterocycles. The van der Waals surface area contributed by atoms with Gasteiger partial charge in [0.15, 0.2) is 8.07 Å². The first-order chi connectivity index (χ1) is 34.3. The van der Waals surface area contributed by atoms with Crippen LogP contribution >= 0.6 is 0 Å². The summed E-state index contributed by atoms with van der Waals surface area (Å²) < 4.78 is 2.45. The summed E-state index contributed by atoms with van der Waals surface area (Å²) in [5.74, 6) is 0. The standard InChI is InChI=1S/C66H46N2Si/c1-6-21-47(22-7-1)49-37-41-52(42-38-49)67(53-43-39-50(40-44-53)48-23-8-2-9-24-48)62-46-63-59(56-31-16-18-34-61(56)68(63)51-25-10-3-11-26-51)45-60(62)57-33-20-36-65-66(57)58-32-17-19-35-64(58)69(65,54-27-12-4-13-28-54)55-29-14-5-15-30-55/h1-46H. The molecule has 69 heavy (non-hydrogen) atoms. The van der Waals surface area contributed by atoms with Gasteiger partial charge in [0.2, 0.25) is 0 Å². The van der Waals surface area contributed by atoms with E-state index in [1.54, 1.807) is 0 Å². The van der Waals surface area contributed by atoms with E-state index in [-0.39, 0.29) is 0 Å². The van der Waals surface area contributed by atoms with Crippen molar-refractivity contribution in [1.29, 1.82) is 0 Å². The molecular formula is C66H46N2Si. The first kappa shape index (κ1) is 40.5. The lowest BCUT2D eigenvalue weighted by Crippen LogP contribution is -2.72. The fraction of sp³-hybridized carbons (Fsp3) is 0. The molecule has 2 nitrogen and oxygen atoms in total. The molecule has 0 unspecified atom stereocenters. The molecule has 0 bridgehead atoms. The number of benzene rings is 11. The number of hydrogen-bond acceptors (Lipinski definition) is 1. The first-order valence-corrected chi connectivity index (χ1v) is 25.8. The molecule has 324 valence electrons. The first-order valence-electron chi connectivity index (χ1n) is 23.8. The van der Waals surface area contributed by atoms with Gasteiger partial charge in [-0.15, -0.1) is 0 Å². The summed E-state index contributed by atoms with van der Waals surface area (Å²) in [6.45, 7) is 0. The molecular weight excluding hydrogens is 849 g/mol. The highest BCUT2D eigenvalue weighted by atomic mass is 28.3. The van der Waals surface area contributed by atoms with E-state index in [1.807, 2.05) is 0 Å². The molecule has 3 heteroatoms. The average Bonchev–Trinajstić information content (AvgIpc) is 3.93. The smallest absolute Gasteiger partial charge is 0.180 e. The summed E-state index contributed by atoms with van der Waals surface area (Å²) in [7, 11) is -2.79. The molecule has 1 aliphatic rings. The van der Waals surface area contributed by atoms with Crippen molar-refractivity contribution in [2.75, 3.05) is 4.90 Å². The van der Waals surface area contributed by atoms with Gasteiger partial charge in [-0.05, 0) is 114 Å². The van der Waals surface area contributed by atoms with Crippen LogP contribution in [0.15, 0.2) is 279 Å². The van der Waals surface area contributed by atoms with Crippen molar-refractivity contribution >= 4 is 67.7 Å². The Bertz CT molecular complexity index is 3670. The van der Waals surface area contributed by atoms with Crippen molar-refractivity contribution in [3.05, 3.63) is 279 Å². The molecule has 0 N–H and O–H groups in total. The fourth-order valence-electron chi connectivity index (χ4n) is 11.3. The molecule has 0 atom stereocenters. The van der Waals surface area contributed by atoms with Crippen molar-refractivity contribution in [3.8, 4) is 50.2 Å². The number of nitrogens with zero attached hydrogens (tertiary/aromatic N) is 2. The van der Waals surface area contributed by atoms with Crippen LogP contribution in [0, 0.1) is 0 Å². The topological polar surface area (TPSA) is 8.17 Å². The second kappa shape index (κ2) is 16.8. The largest absolute Gasteiger partial charge is 0.310 e. The normalized spacial score (nSPS) is 12.5. The Morgan fingerprint density at radius 1 is 0.304 bits per heavy atom. The van der Waals surface area contributed by atoms with Gasteiger partial charge < -0.3 is 9.47 Å². The Kier molecular flexibility index (Phi) is 9.88. The highest BCUT2D eigenvalue weighted by molar-refractivity contribution is 7.22. The predicted molar refractivity (Wildman–Crippen MR) is 294 cm³/mol. The van der Waals surface area contributed by atoms with Gasteiger partial charge in [-0.1, -0.05) is 224 Å². The summed E-state index contributed by atoms with van der Waals surface area (Å²) in [4.78, 5) is 2.49. The van der Waals surface area contributed by atoms with Crippen LogP contribution in [0.5, 0.6) is 0 Å². The molecule has 0 spiro atoms. The molecule has 13 rings (SSSR count). The third-order valence-electron chi connectivity index (χ3n) is 14.3. The maximum Gasteiger partial charge on any atom is 0.180 e. The third-order valence-corrected chi connectivity index (χ3v) is 19.2. The van der Waals surface area contributed by atoms with Crippen LogP contribution in [0.25, 0.3) is 72.0 Å². The molecule has 12 aromatic rings. The minimum atomic E-state index is -2.79. The van der Waals surface area contributed by atoms with Crippen LogP contribution in [0.2, 0.25) is 0 Å². The third kappa shape index (κ3) is 6.62. The van der Waals surface area contributed by atoms with Gasteiger partial charge in [0.1, 0.15) is 0 Å². The Balaban J connectivity index is 1.14. The van der Waals surface area contributed by atoms with Gasteiger partial charge in [0, 0.05) is 33.4 Å². The molecule has 2 heterocycles. The van der Waals surface area contributed by atoms with Gasteiger partial charge in [-0.3, -0.25) is 0 Å². The molecule has 0 amide bonds. The molecule has 1 aliphatic heterocycles. The fourth-order valence-corrected chi connectivity index (χ4v) is 16.5. The van der Waals surface area contributed by atoms with Gasteiger partial charge in [0.05, 0.1) is 16.7 Å². The Morgan fingerprint density at radius 2 is 0.768 bits per heavy atom. The van der Waals surface area contributed by atoms with Gasteiger partial charge >= 0.3 is 0 Å². The number of aromatic nitrogens is 1. The van der Waals surface area contributed by atoms with E-state index in [0.717, 1.165) is 28.3 Å². The number of anilines is 3. The van der Waals surface area contributed by atoms with Gasteiger partial charge in [0.25, 0.3) is 0 Å². The van der Waals surface area contributed by atoms with E-state index in [1.165, 1.54) is 81.5 Å². The molecule has 0 fully saturated rings. The second-order valence-corrected chi connectivity index (χ2v) is 21.7. The van der Waals surface area contributed by atoms with Crippen LogP contribution in [-0.4, -0.2) is 12.6 Å². The van der Waals surface area contributed by atoms with Crippen LogP contribution in [-0.2, 0) is 0 Å². The van der Waals surface area contributed by atoms with Crippen molar-refractivity contribution in [3.63, 3.8) is 0 Å². The lowest BCUT2D eigenvalue weighted by Gasteiger charge is -2.31. The number of fused-ring (bicyclic) bond motifs is 6. The summed E-state index contributed by atoms with van der Waals surface area (Å²) in [6.07, 6.45) is 0. The van der Waals surface area contributed by atoms with E-state index in [9.17, 15) is 0 Å². The zero-order valence-electron chi connectivity index (χ0n) is 38.0. The van der Waals surface area contributed by atoms with Gasteiger partial charge in [-0.2, -0.15) is 0 Å². The van der Waals surface area contributed by atoms with Crippen molar-refractivity contribution in [2.24, 2.45) is 0 Å². The maximum absolute atomic E-state index is 2.79. The minimum absolute atomic E-state index is 1.08. The number of hydrogen-bond donors (Lipinski definition) is 0. The molecule has 0 radical (unpaired) electrons. The minimum Gasteiger partial charge on any atom is -0.310 e. The quantitative estimate of drug-likeness (QED) is 0.131. The number of rotatable bonds is 9. The molecule has 0 saturated carbocycles. The predicted octanol–water partition coefficient (Wildman–Crippen LogP) is 14.6. The SMILES string of the molecule is c1ccc(-c2ccc(N(c3ccc(-c4ccccc4)cc3)c3cc4c(cc3-c3cccc5c3-c3ccccc3[Si]5(c3ccccc3)c3ccccc3)c3ccccc3n4-c3ccccc3)cc2)cc1. The van der Waals surface area contributed by atoms with Crippen LogP contribution in [0.4, 0.5) is 17.1 Å². The summed E-state index contributed by atoms with van der Waals surface area (Å²) in [5, 5.41) is 8.06. The summed E-state index contributed by atoms with van der Waals surface area (Å²) in [6, 6.07) is 103. The zero-order valence-corrected chi connectivity index (χ0v) is 39.0. The van der Waals surface area contributed by atoms with Crippen LogP contribution in [0.1, 0.15) is 0 Å². The van der Waals surface area contributed by atoms with E-state index in [4.69, 9.17) is 0 Å². The Morgan fingerprint density at radius 3 is 1.36 bits per heavy atom. The monoisotopic (exact) mass is 894 g/mol. The second-order valence-electron chi connectivity index (χ2n) is 18.0. The lowest BCUT2D eigenvalue weighted by atomic mass is 9.91. The molecule has 11 aromatic carbocycles. The zero-order chi connectivity index (χ0) is 45.7. The highest BCUT2D eigenvalue weighted by Crippen LogP contribution is 2.48. The number of para-hydroxylation sites is 2. The summed E-state index contributed by atoms with van der Waals surface area (Å²) in [5.41, 5.74) is 16.5. The van der Waals surface area contributed by atoms with Crippen LogP contribution in [0.3, 0.4) is 0 Å². The Labute approximate surface area is 404 Å². The lowest BCUT2D eigenvalue weighted by molar-refractivity contribution is 1.18. The van der Waals surface area contributed by atoms with Crippen LogP contribution < -0.4 is 25.6 Å². The van der Waals surface area contributed by atoms with E-state index >= 15 is 0 Å². The van der Waals surface area contributed by atoms with Crippen molar-refractivity contribution < 1.29 is 0 Å². The summed E-state index contributed by atoms with van der Waals surface area (Å²) >= 11 is 0. The van der Waals surface area contributed by atoms with E-state index in [2.05, 4.69) is 289 Å². The van der Waals surface area contributed by atoms with Crippen molar-refractivity contribution in [2.45, 2.75) is 0 Å². The molecule has 0 saturated heterocycles. The van der Waals surface area contributed by atoms with Crippen molar-refractivity contribution in [1.82, 2.24) is 4.57 Å². The maximum atomic E-state index is 2.50. The average molecular weight is 895 g/mol. The van der Waals surface area contributed by atoms with E-state index < -0.39 is 8.07 Å². The molecule has 0 aliphatic carbocycles.